The minimum absolute atomic E-state index is 0. The zero-order chi connectivity index (χ0) is 10.6. The predicted octanol–water partition coefficient (Wildman–Crippen LogP) is -1.72. The molecular weight excluding hydrogens is 368 g/mol. The normalized spacial score (nSPS) is 8.71. The molecular formula is C12H16Cl2P2Zr. The van der Waals surface area contributed by atoms with Gasteiger partial charge in [-0.25, -0.2) is 0 Å². The minimum atomic E-state index is 0. The van der Waals surface area contributed by atoms with Gasteiger partial charge in [-0.15, -0.1) is 0 Å². The Bertz CT molecular complexity index is 325. The van der Waals surface area contributed by atoms with Crippen LogP contribution in [0, 0.1) is 39.3 Å². The summed E-state index contributed by atoms with van der Waals surface area (Å²) in [7, 11) is 1.64. The molecule has 5 heteroatoms. The molecule has 0 saturated heterocycles. The van der Waals surface area contributed by atoms with Crippen LogP contribution in [-0.4, -0.2) is 0 Å². The first-order chi connectivity index (χ1) is 6.61. The van der Waals surface area contributed by atoms with Crippen molar-refractivity contribution in [3.63, 3.8) is 0 Å². The van der Waals surface area contributed by atoms with Crippen molar-refractivity contribution in [1.29, 1.82) is 0 Å². The Morgan fingerprint density at radius 1 is 0.765 bits per heavy atom. The maximum Gasteiger partial charge on any atom is 4.00 e. The molecule has 2 unspecified atom stereocenters. The predicted molar refractivity (Wildman–Crippen MR) is 68.5 cm³/mol. The summed E-state index contributed by atoms with van der Waals surface area (Å²) in [5.41, 5.74) is 5.47. The van der Waals surface area contributed by atoms with Crippen molar-refractivity contribution in [2.45, 2.75) is 27.7 Å². The second kappa shape index (κ2) is 12.1. The molecule has 0 spiro atoms. The van der Waals surface area contributed by atoms with Crippen LogP contribution < -0.4 is 24.8 Å². The van der Waals surface area contributed by atoms with Crippen LogP contribution in [0.4, 0.5) is 0 Å². The van der Waals surface area contributed by atoms with E-state index in [2.05, 4.69) is 50.9 Å². The Labute approximate surface area is 139 Å². The molecule has 0 amide bonds. The van der Waals surface area contributed by atoms with Crippen molar-refractivity contribution in [2.24, 2.45) is 0 Å². The SMILES string of the molecule is Cc1[c-][pH]cc1C.Cc1[c-][pH]cc1C.[Cl-].[Cl-].[Zr+4]. The average molecular weight is 384 g/mol. The number of hydrogen-bond donors (Lipinski definition) is 0. The number of rotatable bonds is 0. The first-order valence-electron chi connectivity index (χ1n) is 4.65. The summed E-state index contributed by atoms with van der Waals surface area (Å²) in [5, 5.41) is 0. The van der Waals surface area contributed by atoms with E-state index in [4.69, 9.17) is 0 Å². The Hall–Kier alpha value is 1.02. The molecule has 0 fully saturated rings. The van der Waals surface area contributed by atoms with Gasteiger partial charge >= 0.3 is 26.2 Å². The fourth-order valence-corrected chi connectivity index (χ4v) is 2.76. The summed E-state index contributed by atoms with van der Waals surface area (Å²) < 4.78 is 0. The molecule has 0 aliphatic heterocycles. The Kier molecular flexibility index (Phi) is 16.4. The standard InChI is InChI=1S/2C6H8P.2ClH.Zr/c2*1-5-3-7-4-6(5)2;;;/h2*3,7H,1-2H3;2*1H;/q2*-1;;;+4/p-2. The zero-order valence-corrected chi connectivity index (χ0v) is 16.4. The van der Waals surface area contributed by atoms with Gasteiger partial charge in [-0.05, 0) is 0 Å². The molecule has 0 bridgehead atoms. The topological polar surface area (TPSA) is 0 Å². The molecule has 0 N–H and O–H groups in total. The smallest absolute Gasteiger partial charge is 1.00 e. The van der Waals surface area contributed by atoms with E-state index in [1.54, 1.807) is 0 Å². The van der Waals surface area contributed by atoms with E-state index in [1.807, 2.05) is 0 Å². The van der Waals surface area contributed by atoms with E-state index in [0.29, 0.717) is 0 Å². The molecule has 2 rings (SSSR count). The summed E-state index contributed by atoms with van der Waals surface area (Å²) in [4.78, 5) is 0. The fourth-order valence-electron chi connectivity index (χ4n) is 0.919. The van der Waals surface area contributed by atoms with E-state index in [9.17, 15) is 0 Å². The van der Waals surface area contributed by atoms with E-state index in [-0.39, 0.29) is 51.0 Å². The van der Waals surface area contributed by atoms with Gasteiger partial charge in [0.25, 0.3) is 0 Å². The summed E-state index contributed by atoms with van der Waals surface area (Å²) >= 11 is 0. The molecule has 2 heterocycles. The van der Waals surface area contributed by atoms with E-state index in [0.717, 1.165) is 16.4 Å². The van der Waals surface area contributed by atoms with Gasteiger partial charge in [0.15, 0.2) is 0 Å². The Morgan fingerprint density at radius 2 is 1.06 bits per heavy atom. The third-order valence-corrected chi connectivity index (χ3v) is 4.47. The zero-order valence-electron chi connectivity index (χ0n) is 10.4. The van der Waals surface area contributed by atoms with Gasteiger partial charge in [0.2, 0.25) is 0 Å². The quantitative estimate of drug-likeness (QED) is 0.474. The number of aryl methyl sites for hydroxylation is 4. The maximum atomic E-state index is 3.22. The summed E-state index contributed by atoms with van der Waals surface area (Å²) in [6.45, 7) is 8.46. The van der Waals surface area contributed by atoms with Crippen LogP contribution >= 0.6 is 16.4 Å². The van der Waals surface area contributed by atoms with Crippen LogP contribution in [0.15, 0.2) is 11.6 Å². The molecule has 2 aromatic rings. The average Bonchev–Trinajstić information content (AvgIpc) is 2.67. The molecule has 0 radical (unpaired) electrons. The summed E-state index contributed by atoms with van der Waals surface area (Å²) in [5.74, 6) is 10.9. The van der Waals surface area contributed by atoms with Crippen molar-refractivity contribution in [3.8, 4) is 0 Å². The first kappa shape index (κ1) is 23.1. The van der Waals surface area contributed by atoms with Crippen LogP contribution in [-0.2, 0) is 26.2 Å². The second-order valence-electron chi connectivity index (χ2n) is 3.44. The van der Waals surface area contributed by atoms with Crippen molar-refractivity contribution in [3.05, 3.63) is 45.4 Å². The van der Waals surface area contributed by atoms with Crippen LogP contribution in [0.2, 0.25) is 0 Å². The molecule has 0 aliphatic rings. The monoisotopic (exact) mass is 382 g/mol. The Balaban J connectivity index is -0.000000196. The van der Waals surface area contributed by atoms with Crippen LogP contribution in [0.5, 0.6) is 0 Å². The molecule has 0 aromatic carbocycles. The first-order valence-corrected chi connectivity index (χ1v) is 6.81. The molecule has 0 nitrogen and oxygen atoms in total. The summed E-state index contributed by atoms with van der Waals surface area (Å²) in [6.07, 6.45) is 0. The summed E-state index contributed by atoms with van der Waals surface area (Å²) in [6, 6.07) is 0. The minimum Gasteiger partial charge on any atom is -1.00 e. The maximum absolute atomic E-state index is 3.22. The largest absolute Gasteiger partial charge is 4.00 e. The number of hydrogen-bond acceptors (Lipinski definition) is 0. The molecule has 92 valence electrons. The molecule has 17 heavy (non-hydrogen) atoms. The molecule has 2 aromatic heterocycles. The van der Waals surface area contributed by atoms with Gasteiger partial charge in [-0.2, -0.15) is 45.4 Å². The van der Waals surface area contributed by atoms with E-state index in [1.165, 1.54) is 22.3 Å². The third kappa shape index (κ3) is 8.69. The van der Waals surface area contributed by atoms with Gasteiger partial charge in [0.05, 0.1) is 0 Å². The Morgan fingerprint density at radius 3 is 1.12 bits per heavy atom. The van der Waals surface area contributed by atoms with Crippen LogP contribution in [0.25, 0.3) is 0 Å². The van der Waals surface area contributed by atoms with Gasteiger partial charge in [0.1, 0.15) is 0 Å². The molecule has 0 aliphatic carbocycles. The van der Waals surface area contributed by atoms with Crippen molar-refractivity contribution < 1.29 is 51.0 Å². The van der Waals surface area contributed by atoms with Gasteiger partial charge in [-0.3, -0.25) is 16.4 Å². The van der Waals surface area contributed by atoms with Gasteiger partial charge in [-0.1, -0.05) is 27.7 Å². The van der Waals surface area contributed by atoms with Gasteiger partial charge in [0, 0.05) is 0 Å². The number of halogens is 2. The molecule has 0 saturated carbocycles. The molecule has 2 atom stereocenters. The van der Waals surface area contributed by atoms with Crippen molar-refractivity contribution >= 4 is 16.4 Å². The van der Waals surface area contributed by atoms with Crippen LogP contribution in [0.3, 0.4) is 0 Å². The van der Waals surface area contributed by atoms with Crippen LogP contribution in [0.1, 0.15) is 22.3 Å². The van der Waals surface area contributed by atoms with Crippen molar-refractivity contribution in [2.75, 3.05) is 0 Å². The fraction of sp³-hybridized carbons (Fsp3) is 0.333. The van der Waals surface area contributed by atoms with Gasteiger partial charge < -0.3 is 24.8 Å². The third-order valence-electron chi connectivity index (χ3n) is 2.28. The van der Waals surface area contributed by atoms with Crippen molar-refractivity contribution in [1.82, 2.24) is 0 Å². The van der Waals surface area contributed by atoms with E-state index < -0.39 is 0 Å². The second-order valence-corrected chi connectivity index (χ2v) is 5.10. The van der Waals surface area contributed by atoms with E-state index >= 15 is 0 Å².